The molecule has 0 spiro atoms. The molecule has 1 aliphatic rings. The number of nitrogens with one attached hydrogen (secondary N) is 2. The molecule has 28 heavy (non-hydrogen) atoms. The van der Waals surface area contributed by atoms with Gasteiger partial charge in [-0.1, -0.05) is 31.5 Å². The van der Waals surface area contributed by atoms with Crippen molar-refractivity contribution >= 4 is 17.6 Å². The molecule has 0 aromatic heterocycles. The first-order valence-electron chi connectivity index (χ1n) is 10.1. The molecule has 2 rings (SSSR count). The van der Waals surface area contributed by atoms with Crippen molar-refractivity contribution in [2.24, 2.45) is 4.99 Å². The average Bonchev–Trinajstić information content (AvgIpc) is 2.66. The number of nitrogens with zero attached hydrogens (tertiary/aromatic N) is 1. The fourth-order valence-corrected chi connectivity index (χ4v) is 3.54. The van der Waals surface area contributed by atoms with Crippen molar-refractivity contribution in [3.63, 3.8) is 0 Å². The van der Waals surface area contributed by atoms with Crippen LogP contribution in [-0.2, 0) is 14.9 Å². The molecular formula is C21H33ClFN3O2. The van der Waals surface area contributed by atoms with Gasteiger partial charge in [0.05, 0.1) is 12.6 Å². The van der Waals surface area contributed by atoms with E-state index in [0.717, 1.165) is 63.7 Å². The third-order valence-corrected chi connectivity index (χ3v) is 5.09. The number of benzene rings is 1. The van der Waals surface area contributed by atoms with Crippen LogP contribution in [0, 0.1) is 5.82 Å². The predicted octanol–water partition coefficient (Wildman–Crippen LogP) is 3.90. The van der Waals surface area contributed by atoms with Gasteiger partial charge in [0.1, 0.15) is 5.82 Å². The highest BCUT2D eigenvalue weighted by atomic mass is 35.5. The molecule has 158 valence electrons. The Morgan fingerprint density at radius 2 is 2.07 bits per heavy atom. The van der Waals surface area contributed by atoms with Gasteiger partial charge in [-0.05, 0) is 43.9 Å². The van der Waals surface area contributed by atoms with Gasteiger partial charge in [0.15, 0.2) is 5.96 Å². The zero-order valence-corrected chi connectivity index (χ0v) is 17.9. The van der Waals surface area contributed by atoms with Gasteiger partial charge in [-0.25, -0.2) is 4.39 Å². The Kier molecular flexibility index (Phi) is 9.48. The van der Waals surface area contributed by atoms with Crippen molar-refractivity contribution in [2.45, 2.75) is 51.6 Å². The van der Waals surface area contributed by atoms with E-state index < -0.39 is 0 Å². The molecule has 1 aromatic carbocycles. The van der Waals surface area contributed by atoms with E-state index in [-0.39, 0.29) is 11.2 Å². The lowest BCUT2D eigenvalue weighted by Crippen LogP contribution is -2.39. The standard InChI is InChI=1S/C21H33ClFN3O2/c1-4-24-20(25-10-5-11-28-17-8-12-27-13-9-17)26-15-21(2,3)18-7-6-16(23)14-19(18)22/h6-7,14,17H,4-5,8-13,15H2,1-3H3,(H2,24,25,26). The quantitative estimate of drug-likeness (QED) is 0.366. The molecule has 1 aliphatic heterocycles. The second-order valence-electron chi connectivity index (χ2n) is 7.67. The third kappa shape index (κ3) is 7.57. The van der Waals surface area contributed by atoms with Crippen LogP contribution in [0.5, 0.6) is 0 Å². The van der Waals surface area contributed by atoms with Crippen LogP contribution in [0.2, 0.25) is 5.02 Å². The van der Waals surface area contributed by atoms with Crippen LogP contribution >= 0.6 is 11.6 Å². The Hall–Kier alpha value is -1.37. The van der Waals surface area contributed by atoms with Crippen molar-refractivity contribution in [2.75, 3.05) is 39.5 Å². The molecule has 0 aliphatic carbocycles. The summed E-state index contributed by atoms with van der Waals surface area (Å²) in [6, 6.07) is 4.53. The summed E-state index contributed by atoms with van der Waals surface area (Å²) in [4.78, 5) is 4.70. The second kappa shape index (κ2) is 11.6. The highest BCUT2D eigenvalue weighted by Gasteiger charge is 2.23. The van der Waals surface area contributed by atoms with Crippen LogP contribution in [0.15, 0.2) is 23.2 Å². The molecule has 7 heteroatoms. The summed E-state index contributed by atoms with van der Waals surface area (Å²) in [7, 11) is 0. The summed E-state index contributed by atoms with van der Waals surface area (Å²) >= 11 is 6.23. The van der Waals surface area contributed by atoms with Crippen molar-refractivity contribution in [1.82, 2.24) is 10.6 Å². The van der Waals surface area contributed by atoms with E-state index in [9.17, 15) is 4.39 Å². The fraction of sp³-hybridized carbons (Fsp3) is 0.667. The maximum atomic E-state index is 13.3. The van der Waals surface area contributed by atoms with Gasteiger partial charge in [-0.15, -0.1) is 0 Å². The summed E-state index contributed by atoms with van der Waals surface area (Å²) in [5, 5.41) is 7.04. The summed E-state index contributed by atoms with van der Waals surface area (Å²) in [6.45, 7) is 10.6. The molecular weight excluding hydrogens is 381 g/mol. The number of hydrogen-bond donors (Lipinski definition) is 2. The van der Waals surface area contributed by atoms with E-state index in [1.165, 1.54) is 12.1 Å². The van der Waals surface area contributed by atoms with Crippen molar-refractivity contribution in [3.05, 3.63) is 34.6 Å². The van der Waals surface area contributed by atoms with Crippen molar-refractivity contribution < 1.29 is 13.9 Å². The third-order valence-electron chi connectivity index (χ3n) is 4.77. The van der Waals surface area contributed by atoms with Crippen LogP contribution in [0.3, 0.4) is 0 Å². The topological polar surface area (TPSA) is 54.9 Å². The van der Waals surface area contributed by atoms with Gasteiger partial charge >= 0.3 is 0 Å². The molecule has 0 radical (unpaired) electrons. The molecule has 5 nitrogen and oxygen atoms in total. The lowest BCUT2D eigenvalue weighted by molar-refractivity contribution is -0.0320. The second-order valence-corrected chi connectivity index (χ2v) is 8.07. The number of guanidine groups is 1. The lowest BCUT2D eigenvalue weighted by Gasteiger charge is -2.25. The summed E-state index contributed by atoms with van der Waals surface area (Å²) in [5.74, 6) is 0.436. The summed E-state index contributed by atoms with van der Waals surface area (Å²) < 4.78 is 24.6. The van der Waals surface area contributed by atoms with E-state index in [1.807, 2.05) is 6.92 Å². The Bertz CT molecular complexity index is 634. The zero-order chi connectivity index (χ0) is 20.4. The van der Waals surface area contributed by atoms with Crippen LogP contribution in [0.25, 0.3) is 0 Å². The first-order valence-corrected chi connectivity index (χ1v) is 10.5. The average molecular weight is 414 g/mol. The van der Waals surface area contributed by atoms with Crippen LogP contribution < -0.4 is 10.6 Å². The van der Waals surface area contributed by atoms with Crippen LogP contribution in [0.4, 0.5) is 4.39 Å². The Balaban J connectivity index is 1.81. The molecule has 1 heterocycles. The molecule has 1 aromatic rings. The van der Waals surface area contributed by atoms with Gasteiger partial charge in [0, 0.05) is 43.3 Å². The Morgan fingerprint density at radius 3 is 2.75 bits per heavy atom. The van der Waals surface area contributed by atoms with Crippen molar-refractivity contribution in [3.8, 4) is 0 Å². The molecule has 0 unspecified atom stereocenters. The number of hydrogen-bond acceptors (Lipinski definition) is 3. The first kappa shape index (κ1) is 22.9. The van der Waals surface area contributed by atoms with E-state index in [0.29, 0.717) is 17.7 Å². The first-order chi connectivity index (χ1) is 13.4. The molecule has 1 fully saturated rings. The number of ether oxygens (including phenoxy) is 2. The fourth-order valence-electron chi connectivity index (χ4n) is 3.11. The molecule has 2 N–H and O–H groups in total. The largest absolute Gasteiger partial charge is 0.381 e. The zero-order valence-electron chi connectivity index (χ0n) is 17.2. The predicted molar refractivity (Wildman–Crippen MR) is 113 cm³/mol. The minimum absolute atomic E-state index is 0.306. The number of aliphatic imine (C=N–C) groups is 1. The van der Waals surface area contributed by atoms with Crippen LogP contribution in [0.1, 0.15) is 45.6 Å². The SMILES string of the molecule is CCNC(=NCC(C)(C)c1ccc(F)cc1Cl)NCCCOC1CCOCC1. The smallest absolute Gasteiger partial charge is 0.191 e. The van der Waals surface area contributed by atoms with E-state index in [1.54, 1.807) is 6.07 Å². The molecule has 1 saturated heterocycles. The van der Waals surface area contributed by atoms with Gasteiger partial charge in [0.25, 0.3) is 0 Å². The monoisotopic (exact) mass is 413 g/mol. The minimum atomic E-state index is -0.328. The number of rotatable bonds is 9. The molecule has 0 bridgehead atoms. The van der Waals surface area contributed by atoms with Gasteiger partial charge in [-0.3, -0.25) is 4.99 Å². The van der Waals surface area contributed by atoms with Gasteiger partial charge < -0.3 is 20.1 Å². The normalized spacial score (nSPS) is 16.2. The van der Waals surface area contributed by atoms with Gasteiger partial charge in [0.2, 0.25) is 0 Å². The Labute approximate surface area is 173 Å². The lowest BCUT2D eigenvalue weighted by atomic mass is 9.84. The maximum Gasteiger partial charge on any atom is 0.191 e. The van der Waals surface area contributed by atoms with E-state index >= 15 is 0 Å². The van der Waals surface area contributed by atoms with Gasteiger partial charge in [-0.2, -0.15) is 0 Å². The van der Waals surface area contributed by atoms with Crippen LogP contribution in [-0.4, -0.2) is 51.5 Å². The highest BCUT2D eigenvalue weighted by molar-refractivity contribution is 6.31. The van der Waals surface area contributed by atoms with E-state index in [2.05, 4.69) is 24.5 Å². The number of halogens is 2. The van der Waals surface area contributed by atoms with Crippen molar-refractivity contribution in [1.29, 1.82) is 0 Å². The molecule has 0 amide bonds. The minimum Gasteiger partial charge on any atom is -0.381 e. The molecule has 0 saturated carbocycles. The Morgan fingerprint density at radius 1 is 1.32 bits per heavy atom. The van der Waals surface area contributed by atoms with E-state index in [4.69, 9.17) is 26.1 Å². The summed E-state index contributed by atoms with van der Waals surface area (Å²) in [6.07, 6.45) is 3.21. The highest BCUT2D eigenvalue weighted by Crippen LogP contribution is 2.30. The molecule has 0 atom stereocenters. The maximum absolute atomic E-state index is 13.3. The summed E-state index contributed by atoms with van der Waals surface area (Å²) in [5.41, 5.74) is 0.583.